The summed E-state index contributed by atoms with van der Waals surface area (Å²) in [5, 5.41) is 8.98. The lowest BCUT2D eigenvalue weighted by Gasteiger charge is -2.36. The fourth-order valence-electron chi connectivity index (χ4n) is 2.54. The van der Waals surface area contributed by atoms with Gasteiger partial charge in [-0.1, -0.05) is 0 Å². The van der Waals surface area contributed by atoms with Crippen molar-refractivity contribution >= 4 is 11.9 Å². The third kappa shape index (κ3) is 5.18. The van der Waals surface area contributed by atoms with Gasteiger partial charge in [-0.05, 0) is 33.2 Å². The van der Waals surface area contributed by atoms with Crippen LogP contribution < -0.4 is 0 Å². The SMILES string of the molecule is CCN(CC(F)(F)F)C(=O)[C@@H]1CCCN([C@H](C)C(=O)O)C1. The Kier molecular flexibility index (Phi) is 6.00. The van der Waals surface area contributed by atoms with Gasteiger partial charge in [0.15, 0.2) is 0 Å². The van der Waals surface area contributed by atoms with Gasteiger partial charge >= 0.3 is 12.1 Å². The lowest BCUT2D eigenvalue weighted by Crippen LogP contribution is -2.50. The maximum atomic E-state index is 12.4. The average molecular weight is 310 g/mol. The molecule has 0 radical (unpaired) electrons. The van der Waals surface area contributed by atoms with Gasteiger partial charge in [-0.3, -0.25) is 14.5 Å². The Morgan fingerprint density at radius 2 is 2.05 bits per heavy atom. The molecule has 1 heterocycles. The summed E-state index contributed by atoms with van der Waals surface area (Å²) in [5.41, 5.74) is 0. The number of carbonyl (C=O) groups excluding carboxylic acids is 1. The Labute approximate surface area is 121 Å². The molecule has 8 heteroatoms. The Balaban J connectivity index is 2.70. The molecule has 0 aromatic heterocycles. The van der Waals surface area contributed by atoms with Crippen LogP contribution in [-0.4, -0.2) is 65.2 Å². The fraction of sp³-hybridized carbons (Fsp3) is 0.846. The van der Waals surface area contributed by atoms with Gasteiger partial charge in [-0.2, -0.15) is 13.2 Å². The molecule has 0 saturated carbocycles. The zero-order chi connectivity index (χ0) is 16.2. The van der Waals surface area contributed by atoms with Gasteiger partial charge in [0.1, 0.15) is 12.6 Å². The van der Waals surface area contributed by atoms with E-state index in [2.05, 4.69) is 0 Å². The largest absolute Gasteiger partial charge is 0.480 e. The number of carboxylic acid groups (broad SMARTS) is 1. The van der Waals surface area contributed by atoms with Gasteiger partial charge < -0.3 is 10.0 Å². The molecule has 1 N–H and O–H groups in total. The van der Waals surface area contributed by atoms with Crippen molar-refractivity contribution in [2.75, 3.05) is 26.2 Å². The molecule has 0 aromatic carbocycles. The Morgan fingerprint density at radius 3 is 2.52 bits per heavy atom. The van der Waals surface area contributed by atoms with Crippen LogP contribution in [0.2, 0.25) is 0 Å². The lowest BCUT2D eigenvalue weighted by atomic mass is 9.95. The number of carbonyl (C=O) groups is 2. The minimum absolute atomic E-state index is 0.0106. The molecule has 1 saturated heterocycles. The maximum absolute atomic E-state index is 12.4. The van der Waals surface area contributed by atoms with E-state index < -0.39 is 36.6 Å². The molecule has 0 aliphatic carbocycles. The van der Waals surface area contributed by atoms with Crippen molar-refractivity contribution in [3.63, 3.8) is 0 Å². The van der Waals surface area contributed by atoms with Crippen LogP contribution in [0, 0.1) is 5.92 Å². The highest BCUT2D eigenvalue weighted by Crippen LogP contribution is 2.23. The topological polar surface area (TPSA) is 60.9 Å². The second kappa shape index (κ2) is 7.11. The van der Waals surface area contributed by atoms with Crippen molar-refractivity contribution < 1.29 is 27.9 Å². The van der Waals surface area contributed by atoms with Gasteiger partial charge in [0.25, 0.3) is 0 Å². The molecule has 0 bridgehead atoms. The van der Waals surface area contributed by atoms with Crippen LogP contribution in [0.25, 0.3) is 0 Å². The number of amides is 1. The summed E-state index contributed by atoms with van der Waals surface area (Å²) >= 11 is 0. The van der Waals surface area contributed by atoms with E-state index in [0.717, 1.165) is 4.90 Å². The Morgan fingerprint density at radius 1 is 1.43 bits per heavy atom. The van der Waals surface area contributed by atoms with E-state index >= 15 is 0 Å². The number of nitrogens with zero attached hydrogens (tertiary/aromatic N) is 2. The number of aliphatic carboxylic acids is 1. The normalized spacial score (nSPS) is 21.9. The van der Waals surface area contributed by atoms with Gasteiger partial charge in [0.05, 0.1) is 5.92 Å². The molecule has 1 amide bonds. The van der Waals surface area contributed by atoms with E-state index in [1.54, 1.807) is 4.90 Å². The first-order chi connectivity index (χ1) is 9.65. The first-order valence-electron chi connectivity index (χ1n) is 6.98. The first-order valence-corrected chi connectivity index (χ1v) is 6.98. The third-order valence-corrected chi connectivity index (χ3v) is 3.77. The van der Waals surface area contributed by atoms with Crippen LogP contribution in [0.15, 0.2) is 0 Å². The van der Waals surface area contributed by atoms with Crippen molar-refractivity contribution in [1.29, 1.82) is 0 Å². The molecule has 122 valence electrons. The number of carboxylic acids is 1. The number of likely N-dealkylation sites (tertiary alicyclic amines) is 1. The van der Waals surface area contributed by atoms with Crippen molar-refractivity contribution in [3.05, 3.63) is 0 Å². The summed E-state index contributed by atoms with van der Waals surface area (Å²) < 4.78 is 37.3. The van der Waals surface area contributed by atoms with Crippen molar-refractivity contribution in [1.82, 2.24) is 9.80 Å². The van der Waals surface area contributed by atoms with E-state index in [1.807, 2.05) is 0 Å². The molecule has 0 aromatic rings. The summed E-state index contributed by atoms with van der Waals surface area (Å²) in [6, 6.07) is -0.738. The number of piperidine rings is 1. The monoisotopic (exact) mass is 310 g/mol. The number of rotatable bonds is 5. The summed E-state index contributed by atoms with van der Waals surface area (Å²) in [6.45, 7) is 2.49. The highest BCUT2D eigenvalue weighted by molar-refractivity contribution is 5.79. The predicted octanol–water partition coefficient (Wildman–Crippen LogP) is 1.58. The van der Waals surface area contributed by atoms with Crippen LogP contribution in [0.4, 0.5) is 13.2 Å². The highest BCUT2D eigenvalue weighted by Gasteiger charge is 2.37. The summed E-state index contributed by atoms with van der Waals surface area (Å²) in [6.07, 6.45) is -3.32. The van der Waals surface area contributed by atoms with E-state index in [-0.39, 0.29) is 13.1 Å². The zero-order valence-corrected chi connectivity index (χ0v) is 12.2. The smallest absolute Gasteiger partial charge is 0.406 e. The molecule has 1 rings (SSSR count). The van der Waals surface area contributed by atoms with E-state index in [4.69, 9.17) is 5.11 Å². The second-order valence-corrected chi connectivity index (χ2v) is 5.32. The molecule has 1 aliphatic rings. The highest BCUT2D eigenvalue weighted by atomic mass is 19.4. The van der Waals surface area contributed by atoms with Crippen LogP contribution in [-0.2, 0) is 9.59 Å². The van der Waals surface area contributed by atoms with Crippen LogP contribution in [0.5, 0.6) is 0 Å². The van der Waals surface area contributed by atoms with Crippen molar-refractivity contribution in [2.24, 2.45) is 5.92 Å². The standard InChI is InChI=1S/C13H21F3N2O3/c1-3-17(8-13(14,15)16)11(19)10-5-4-6-18(7-10)9(2)12(20)21/h9-10H,3-8H2,1-2H3,(H,20,21)/t9-,10-/m1/s1. The lowest BCUT2D eigenvalue weighted by molar-refractivity contribution is -0.164. The predicted molar refractivity (Wildman–Crippen MR) is 69.7 cm³/mol. The molecule has 21 heavy (non-hydrogen) atoms. The van der Waals surface area contributed by atoms with Gasteiger partial charge in [-0.25, -0.2) is 0 Å². The van der Waals surface area contributed by atoms with Crippen molar-refractivity contribution in [3.8, 4) is 0 Å². The second-order valence-electron chi connectivity index (χ2n) is 5.32. The molecule has 0 spiro atoms. The molecule has 2 atom stereocenters. The van der Waals surface area contributed by atoms with Gasteiger partial charge in [0, 0.05) is 13.1 Å². The number of hydrogen-bond donors (Lipinski definition) is 1. The van der Waals surface area contributed by atoms with Crippen LogP contribution in [0.1, 0.15) is 26.7 Å². The van der Waals surface area contributed by atoms with Gasteiger partial charge in [-0.15, -0.1) is 0 Å². The minimum Gasteiger partial charge on any atom is -0.480 e. The third-order valence-electron chi connectivity index (χ3n) is 3.77. The maximum Gasteiger partial charge on any atom is 0.406 e. The van der Waals surface area contributed by atoms with E-state index in [0.29, 0.717) is 19.4 Å². The Bertz CT molecular complexity index is 387. The number of hydrogen-bond acceptors (Lipinski definition) is 3. The summed E-state index contributed by atoms with van der Waals surface area (Å²) in [5.74, 6) is -2.11. The zero-order valence-electron chi connectivity index (χ0n) is 12.2. The van der Waals surface area contributed by atoms with Crippen molar-refractivity contribution in [2.45, 2.75) is 38.9 Å². The number of halogens is 3. The van der Waals surface area contributed by atoms with E-state index in [9.17, 15) is 22.8 Å². The molecule has 1 fully saturated rings. The molecule has 0 unspecified atom stereocenters. The summed E-state index contributed by atoms with van der Waals surface area (Å²) in [7, 11) is 0. The van der Waals surface area contributed by atoms with E-state index in [1.165, 1.54) is 13.8 Å². The Hall–Kier alpha value is -1.31. The molecular weight excluding hydrogens is 289 g/mol. The van der Waals surface area contributed by atoms with Crippen LogP contribution >= 0.6 is 0 Å². The molecule has 1 aliphatic heterocycles. The number of alkyl halides is 3. The van der Waals surface area contributed by atoms with Crippen LogP contribution in [0.3, 0.4) is 0 Å². The molecule has 5 nitrogen and oxygen atoms in total. The summed E-state index contributed by atoms with van der Waals surface area (Å²) in [4.78, 5) is 25.6. The molecular formula is C13H21F3N2O3. The average Bonchev–Trinajstić information content (AvgIpc) is 2.42. The first kappa shape index (κ1) is 17.7. The fourth-order valence-corrected chi connectivity index (χ4v) is 2.54. The quantitative estimate of drug-likeness (QED) is 0.837. The minimum atomic E-state index is -4.42. The van der Waals surface area contributed by atoms with Gasteiger partial charge in [0.2, 0.25) is 5.91 Å².